The Hall–Kier alpha value is -2.73. The smallest absolute Gasteiger partial charge is 0.271 e. The molecule has 0 spiro atoms. The Labute approximate surface area is 149 Å². The minimum Gasteiger partial charge on any atom is -0.497 e. The Morgan fingerprint density at radius 1 is 0.920 bits per heavy atom. The summed E-state index contributed by atoms with van der Waals surface area (Å²) in [5, 5.41) is -0.658. The van der Waals surface area contributed by atoms with E-state index in [4.69, 9.17) is 25.8 Å². The van der Waals surface area contributed by atoms with Gasteiger partial charge in [0.25, 0.3) is 5.91 Å². The monoisotopic (exact) mass is 361 g/mol. The fourth-order valence-corrected chi connectivity index (χ4v) is 2.84. The van der Waals surface area contributed by atoms with Crippen LogP contribution in [0.1, 0.15) is 0 Å². The van der Waals surface area contributed by atoms with E-state index in [9.17, 15) is 9.59 Å². The average Bonchev–Trinajstić information content (AvgIpc) is 2.64. The van der Waals surface area contributed by atoms with Gasteiger partial charge in [-0.2, -0.15) is 0 Å². The molecule has 7 heteroatoms. The highest BCUT2D eigenvalue weighted by atomic mass is 35.5. The van der Waals surface area contributed by atoms with E-state index < -0.39 is 17.4 Å². The van der Waals surface area contributed by atoms with Crippen molar-refractivity contribution < 1.29 is 23.8 Å². The van der Waals surface area contributed by atoms with Crippen molar-refractivity contribution in [3.05, 3.63) is 48.5 Å². The number of rotatable bonds is 6. The van der Waals surface area contributed by atoms with E-state index in [2.05, 4.69) is 0 Å². The molecule has 0 aliphatic carbocycles. The maximum atomic E-state index is 12.5. The van der Waals surface area contributed by atoms with Crippen LogP contribution in [0.5, 0.6) is 17.2 Å². The number of carbonyl (C=O) groups excluding carboxylic acids is 2. The normalized spacial score (nSPS) is 19.2. The van der Waals surface area contributed by atoms with Crippen LogP contribution in [0.3, 0.4) is 0 Å². The number of benzene rings is 2. The summed E-state index contributed by atoms with van der Waals surface area (Å²) in [6.07, 6.45) is -0.958. The summed E-state index contributed by atoms with van der Waals surface area (Å²) in [4.78, 5) is 25.6. The maximum Gasteiger partial charge on any atom is 0.271 e. The van der Waals surface area contributed by atoms with Gasteiger partial charge in [-0.05, 0) is 60.1 Å². The van der Waals surface area contributed by atoms with Crippen LogP contribution >= 0.6 is 11.6 Å². The Morgan fingerprint density at radius 2 is 1.40 bits per heavy atom. The summed E-state index contributed by atoms with van der Waals surface area (Å²) in [6, 6.07) is 12.6. The first kappa shape index (κ1) is 17.1. The minimum atomic E-state index is -0.958. The third-order valence-corrected chi connectivity index (χ3v) is 4.17. The van der Waals surface area contributed by atoms with Gasteiger partial charge in [0.05, 0.1) is 14.2 Å². The lowest BCUT2D eigenvalue weighted by Gasteiger charge is -2.44. The molecule has 0 N–H and O–H groups in total. The number of amides is 1. The number of hydrogen-bond acceptors (Lipinski definition) is 5. The van der Waals surface area contributed by atoms with E-state index in [0.717, 1.165) is 0 Å². The lowest BCUT2D eigenvalue weighted by Crippen LogP contribution is -2.69. The molecule has 0 aromatic heterocycles. The van der Waals surface area contributed by atoms with Crippen molar-refractivity contribution in [1.82, 2.24) is 0 Å². The second-order valence-corrected chi connectivity index (χ2v) is 5.74. The second kappa shape index (κ2) is 7.03. The van der Waals surface area contributed by atoms with E-state index in [1.165, 1.54) is 4.90 Å². The number of nitrogens with zero attached hydrogens (tertiary/aromatic N) is 1. The SMILES string of the molecule is COc1ccc(O[C@@H]2C(=O)N(c3ccc(OC)cc3)[C@@H]2C(=O)Cl)cc1. The molecule has 1 fully saturated rings. The second-order valence-electron chi connectivity index (χ2n) is 5.37. The molecule has 0 radical (unpaired) electrons. The molecule has 0 bridgehead atoms. The largest absolute Gasteiger partial charge is 0.497 e. The third kappa shape index (κ3) is 3.25. The van der Waals surface area contributed by atoms with Gasteiger partial charge in [-0.25, -0.2) is 0 Å². The molecule has 1 amide bonds. The van der Waals surface area contributed by atoms with Crippen LogP contribution in [-0.2, 0) is 9.59 Å². The molecule has 0 saturated carbocycles. The fraction of sp³-hybridized carbons (Fsp3) is 0.222. The molecular weight excluding hydrogens is 346 g/mol. The third-order valence-electron chi connectivity index (χ3n) is 3.95. The Balaban J connectivity index is 1.79. The van der Waals surface area contributed by atoms with Gasteiger partial charge in [0.1, 0.15) is 17.2 Å². The van der Waals surface area contributed by atoms with Gasteiger partial charge < -0.3 is 14.2 Å². The summed E-state index contributed by atoms with van der Waals surface area (Å²) in [5.41, 5.74) is 0.555. The lowest BCUT2D eigenvalue weighted by molar-refractivity contribution is -0.139. The van der Waals surface area contributed by atoms with Crippen LogP contribution in [0.2, 0.25) is 0 Å². The van der Waals surface area contributed by atoms with Gasteiger partial charge in [-0.3, -0.25) is 14.5 Å². The number of ether oxygens (including phenoxy) is 3. The van der Waals surface area contributed by atoms with Gasteiger partial charge in [0, 0.05) is 5.69 Å². The molecule has 1 heterocycles. The van der Waals surface area contributed by atoms with Crippen molar-refractivity contribution in [2.75, 3.05) is 19.1 Å². The molecule has 1 saturated heterocycles. The summed E-state index contributed by atoms with van der Waals surface area (Å²) in [5.74, 6) is 1.44. The van der Waals surface area contributed by atoms with Gasteiger partial charge in [0.2, 0.25) is 11.3 Å². The molecule has 1 aliphatic rings. The first-order valence-corrected chi connectivity index (χ1v) is 7.90. The Morgan fingerprint density at radius 3 is 1.88 bits per heavy atom. The predicted octanol–water partition coefficient (Wildman–Crippen LogP) is 2.63. The summed E-state index contributed by atoms with van der Waals surface area (Å²) in [7, 11) is 3.11. The van der Waals surface area contributed by atoms with E-state index in [1.807, 2.05) is 0 Å². The highest BCUT2D eigenvalue weighted by molar-refractivity contribution is 6.66. The van der Waals surface area contributed by atoms with Crippen LogP contribution in [0.25, 0.3) is 0 Å². The molecule has 25 heavy (non-hydrogen) atoms. The highest BCUT2D eigenvalue weighted by Gasteiger charge is 2.53. The molecule has 0 unspecified atom stereocenters. The van der Waals surface area contributed by atoms with Crippen molar-refractivity contribution in [3.63, 3.8) is 0 Å². The van der Waals surface area contributed by atoms with Gasteiger partial charge in [0.15, 0.2) is 6.04 Å². The van der Waals surface area contributed by atoms with Crippen molar-refractivity contribution in [1.29, 1.82) is 0 Å². The van der Waals surface area contributed by atoms with Crippen molar-refractivity contribution in [2.45, 2.75) is 12.1 Å². The van der Waals surface area contributed by atoms with Crippen LogP contribution in [0.4, 0.5) is 5.69 Å². The van der Waals surface area contributed by atoms with E-state index in [-0.39, 0.29) is 5.91 Å². The summed E-state index contributed by atoms with van der Waals surface area (Å²) in [6.45, 7) is 0. The number of β-lactam (4-membered cyclic amide) rings is 1. The molecule has 130 valence electrons. The molecule has 3 rings (SSSR count). The number of methoxy groups -OCH3 is 2. The van der Waals surface area contributed by atoms with Crippen LogP contribution in [0, 0.1) is 0 Å². The van der Waals surface area contributed by atoms with Crippen LogP contribution < -0.4 is 19.1 Å². The highest BCUT2D eigenvalue weighted by Crippen LogP contribution is 2.33. The van der Waals surface area contributed by atoms with Crippen LogP contribution in [0.15, 0.2) is 48.5 Å². The van der Waals surface area contributed by atoms with Gasteiger partial charge >= 0.3 is 0 Å². The van der Waals surface area contributed by atoms with E-state index >= 15 is 0 Å². The standard InChI is InChI=1S/C18H16ClNO5/c1-23-12-5-3-11(4-6-12)20-15(17(19)21)16(18(20)22)25-14-9-7-13(24-2)8-10-14/h3-10,15-16H,1-2H3/t15-,16-/m0/s1. The number of anilines is 1. The molecule has 2 aromatic rings. The Kier molecular flexibility index (Phi) is 4.81. The number of halogens is 1. The summed E-state index contributed by atoms with van der Waals surface area (Å²) >= 11 is 5.70. The number of hydrogen-bond donors (Lipinski definition) is 0. The minimum absolute atomic E-state index is 0.333. The topological polar surface area (TPSA) is 65.1 Å². The first-order valence-electron chi connectivity index (χ1n) is 7.52. The number of carbonyl (C=O) groups is 2. The zero-order valence-corrected chi connectivity index (χ0v) is 14.4. The van der Waals surface area contributed by atoms with Gasteiger partial charge in [-0.1, -0.05) is 0 Å². The Bertz CT molecular complexity index is 775. The fourth-order valence-electron chi connectivity index (χ4n) is 2.63. The molecule has 2 atom stereocenters. The van der Waals surface area contributed by atoms with Crippen LogP contribution in [-0.4, -0.2) is 37.5 Å². The quantitative estimate of drug-likeness (QED) is 0.584. The molecule has 2 aromatic carbocycles. The maximum absolute atomic E-state index is 12.5. The van der Waals surface area contributed by atoms with Crippen molar-refractivity contribution in [3.8, 4) is 17.2 Å². The molecule has 1 aliphatic heterocycles. The molecular formula is C18H16ClNO5. The lowest BCUT2D eigenvalue weighted by atomic mass is 9.97. The molecule has 6 nitrogen and oxygen atoms in total. The van der Waals surface area contributed by atoms with Crippen molar-refractivity contribution >= 4 is 28.4 Å². The first-order chi connectivity index (χ1) is 12.0. The predicted molar refractivity (Wildman–Crippen MR) is 92.5 cm³/mol. The van der Waals surface area contributed by atoms with E-state index in [0.29, 0.717) is 22.9 Å². The van der Waals surface area contributed by atoms with Gasteiger partial charge in [-0.15, -0.1) is 0 Å². The van der Waals surface area contributed by atoms with E-state index in [1.54, 1.807) is 62.8 Å². The average molecular weight is 362 g/mol. The zero-order chi connectivity index (χ0) is 18.0. The summed E-state index contributed by atoms with van der Waals surface area (Å²) < 4.78 is 15.8. The van der Waals surface area contributed by atoms with Crippen molar-refractivity contribution in [2.24, 2.45) is 0 Å². The zero-order valence-electron chi connectivity index (χ0n) is 13.6.